The largest absolute Gasteiger partial charge is 0.497 e. The lowest BCUT2D eigenvalue weighted by Crippen LogP contribution is -2.41. The minimum atomic E-state index is -3.60. The van der Waals surface area contributed by atoms with Gasteiger partial charge < -0.3 is 14.8 Å². The molecule has 0 unspecified atom stereocenters. The minimum Gasteiger partial charge on any atom is -0.497 e. The Morgan fingerprint density at radius 1 is 1.14 bits per heavy atom. The second-order valence-electron chi connectivity index (χ2n) is 7.92. The number of aromatic nitrogens is 1. The van der Waals surface area contributed by atoms with Gasteiger partial charge in [-0.3, -0.25) is 4.79 Å². The Bertz CT molecular complexity index is 1300. The number of carbonyl (C=O) groups excluding carboxylic acids is 1. The molecule has 1 fully saturated rings. The summed E-state index contributed by atoms with van der Waals surface area (Å²) >= 11 is 2.73. The van der Waals surface area contributed by atoms with Crippen molar-refractivity contribution in [2.45, 2.75) is 22.6 Å². The summed E-state index contributed by atoms with van der Waals surface area (Å²) in [5.74, 6) is 0.910. The lowest BCUT2D eigenvalue weighted by molar-refractivity contribution is -0.120. The van der Waals surface area contributed by atoms with E-state index in [9.17, 15) is 13.2 Å². The Balaban J connectivity index is 1.40. The summed E-state index contributed by atoms with van der Waals surface area (Å²) in [5.41, 5.74) is 1.45. The summed E-state index contributed by atoms with van der Waals surface area (Å²) in [7, 11) is -0.421. The van der Waals surface area contributed by atoms with E-state index < -0.39 is 10.0 Å². The first-order valence-corrected chi connectivity index (χ1v) is 14.5. The van der Waals surface area contributed by atoms with E-state index >= 15 is 0 Å². The number of carbonyl (C=O) groups is 1. The monoisotopic (exact) mass is 533 g/mol. The molecule has 35 heavy (non-hydrogen) atoms. The molecule has 2 aromatic carbocycles. The molecule has 0 radical (unpaired) electrons. The normalized spacial score (nSPS) is 15.1. The van der Waals surface area contributed by atoms with E-state index in [0.29, 0.717) is 53.2 Å². The van der Waals surface area contributed by atoms with Crippen molar-refractivity contribution in [3.63, 3.8) is 0 Å². The van der Waals surface area contributed by atoms with Crippen LogP contribution in [0.3, 0.4) is 0 Å². The molecule has 11 heteroatoms. The smallest absolute Gasteiger partial charge is 0.244 e. The molecule has 1 aliphatic heterocycles. The van der Waals surface area contributed by atoms with Gasteiger partial charge in [0.15, 0.2) is 5.13 Å². The molecular weight excluding hydrogens is 506 g/mol. The molecule has 1 aliphatic rings. The van der Waals surface area contributed by atoms with Crippen LogP contribution in [0.4, 0.5) is 5.13 Å². The summed E-state index contributed by atoms with van der Waals surface area (Å²) in [6.45, 7) is 0.598. The third-order valence-electron chi connectivity index (χ3n) is 5.93. The molecule has 3 aromatic rings. The fraction of sp³-hybridized carbons (Fsp3) is 0.333. The van der Waals surface area contributed by atoms with Crippen molar-refractivity contribution in [2.24, 2.45) is 5.92 Å². The van der Waals surface area contributed by atoms with Crippen LogP contribution in [-0.2, 0) is 14.8 Å². The molecule has 0 bridgehead atoms. The number of benzene rings is 2. The Kier molecular flexibility index (Phi) is 8.00. The summed E-state index contributed by atoms with van der Waals surface area (Å²) in [5, 5.41) is 5.23. The van der Waals surface area contributed by atoms with Gasteiger partial charge in [-0.25, -0.2) is 13.4 Å². The molecule has 1 aromatic heterocycles. The zero-order valence-electron chi connectivity index (χ0n) is 19.7. The number of thioether (sulfide) groups is 1. The highest BCUT2D eigenvalue weighted by Crippen LogP contribution is 2.35. The first-order valence-electron chi connectivity index (χ1n) is 11.0. The van der Waals surface area contributed by atoms with Crippen LogP contribution in [0.15, 0.2) is 57.6 Å². The highest BCUT2D eigenvalue weighted by molar-refractivity contribution is 7.99. The van der Waals surface area contributed by atoms with Gasteiger partial charge in [0.1, 0.15) is 11.5 Å². The molecule has 2 heterocycles. The van der Waals surface area contributed by atoms with Crippen LogP contribution in [0.5, 0.6) is 11.5 Å². The molecule has 4 rings (SSSR count). The van der Waals surface area contributed by atoms with Gasteiger partial charge in [-0.2, -0.15) is 4.31 Å². The van der Waals surface area contributed by atoms with Crippen molar-refractivity contribution >= 4 is 44.2 Å². The summed E-state index contributed by atoms with van der Waals surface area (Å²) in [4.78, 5) is 18.5. The first kappa shape index (κ1) is 25.5. The second-order valence-corrected chi connectivity index (χ2v) is 11.5. The van der Waals surface area contributed by atoms with Crippen LogP contribution in [0.25, 0.3) is 11.3 Å². The fourth-order valence-corrected chi connectivity index (χ4v) is 7.31. The number of ether oxygens (including phenoxy) is 2. The van der Waals surface area contributed by atoms with E-state index in [4.69, 9.17) is 9.47 Å². The Morgan fingerprint density at radius 3 is 2.57 bits per heavy atom. The number of hydrogen-bond donors (Lipinski definition) is 1. The average Bonchev–Trinajstić information content (AvgIpc) is 3.36. The molecule has 8 nitrogen and oxygen atoms in total. The summed E-state index contributed by atoms with van der Waals surface area (Å²) in [6.07, 6.45) is 2.77. The van der Waals surface area contributed by atoms with E-state index in [1.54, 1.807) is 32.4 Å². The number of amides is 1. The standard InChI is InChI=1S/C24H27N3O5S3/c1-31-17-8-9-20(32-2)18(14-17)19-15-34-24(25-19)26-23(28)16-10-12-27(13-11-16)35(29,30)22-7-5-4-6-21(22)33-3/h4-9,14-16H,10-13H2,1-3H3,(H,25,26,28). The van der Waals surface area contributed by atoms with Crippen LogP contribution in [-0.4, -0.2) is 57.2 Å². The predicted octanol–water partition coefficient (Wildman–Crippen LogP) is 4.59. The van der Waals surface area contributed by atoms with Gasteiger partial charge in [0.05, 0.1) is 24.8 Å². The van der Waals surface area contributed by atoms with Gasteiger partial charge in [-0.1, -0.05) is 12.1 Å². The van der Waals surface area contributed by atoms with Crippen molar-refractivity contribution < 1.29 is 22.7 Å². The molecule has 1 amide bonds. The number of anilines is 1. The van der Waals surface area contributed by atoms with E-state index in [2.05, 4.69) is 10.3 Å². The van der Waals surface area contributed by atoms with Gasteiger partial charge in [-0.15, -0.1) is 23.1 Å². The SMILES string of the molecule is COc1ccc(OC)c(-c2csc(NC(=O)C3CCN(S(=O)(=O)c4ccccc4SC)CC3)n2)c1. The van der Waals surface area contributed by atoms with Crippen LogP contribution in [0.1, 0.15) is 12.8 Å². The van der Waals surface area contributed by atoms with Crippen LogP contribution in [0.2, 0.25) is 0 Å². The third-order valence-corrected chi connectivity index (χ3v) is 9.57. The summed E-state index contributed by atoms with van der Waals surface area (Å²) in [6, 6.07) is 12.5. The number of nitrogens with one attached hydrogen (secondary N) is 1. The molecule has 1 saturated heterocycles. The molecule has 0 spiro atoms. The average molecular weight is 534 g/mol. The van der Waals surface area contributed by atoms with E-state index in [-0.39, 0.29) is 11.8 Å². The highest BCUT2D eigenvalue weighted by atomic mass is 32.2. The number of nitrogens with zero attached hydrogens (tertiary/aromatic N) is 2. The molecule has 0 saturated carbocycles. The van der Waals surface area contributed by atoms with Gasteiger partial charge >= 0.3 is 0 Å². The van der Waals surface area contributed by atoms with E-state index in [1.807, 2.05) is 35.9 Å². The van der Waals surface area contributed by atoms with Crippen molar-refractivity contribution in [3.05, 3.63) is 47.8 Å². The molecule has 0 aliphatic carbocycles. The second kappa shape index (κ2) is 11.0. The van der Waals surface area contributed by atoms with Gasteiger partial charge in [0, 0.05) is 34.8 Å². The van der Waals surface area contributed by atoms with Crippen molar-refractivity contribution in [3.8, 4) is 22.8 Å². The molecule has 186 valence electrons. The van der Waals surface area contributed by atoms with Crippen LogP contribution < -0.4 is 14.8 Å². The molecular formula is C24H27N3O5S3. The number of piperidine rings is 1. The number of hydrogen-bond acceptors (Lipinski definition) is 8. The predicted molar refractivity (Wildman–Crippen MR) is 139 cm³/mol. The highest BCUT2D eigenvalue weighted by Gasteiger charge is 2.33. The van der Waals surface area contributed by atoms with Gasteiger partial charge in [0.2, 0.25) is 15.9 Å². The van der Waals surface area contributed by atoms with Crippen molar-refractivity contribution in [1.29, 1.82) is 0 Å². The maximum atomic E-state index is 13.2. The van der Waals surface area contributed by atoms with E-state index in [1.165, 1.54) is 27.4 Å². The number of rotatable bonds is 8. The lowest BCUT2D eigenvalue weighted by atomic mass is 9.97. The zero-order chi connectivity index (χ0) is 25.0. The zero-order valence-corrected chi connectivity index (χ0v) is 22.1. The van der Waals surface area contributed by atoms with Crippen LogP contribution in [0, 0.1) is 5.92 Å². The van der Waals surface area contributed by atoms with Gasteiger partial charge in [0.25, 0.3) is 0 Å². The number of thiazole rings is 1. The van der Waals surface area contributed by atoms with Crippen molar-refractivity contribution in [1.82, 2.24) is 9.29 Å². The lowest BCUT2D eigenvalue weighted by Gasteiger charge is -2.30. The van der Waals surface area contributed by atoms with Gasteiger partial charge in [-0.05, 0) is 49.4 Å². The minimum absolute atomic E-state index is 0.148. The Morgan fingerprint density at radius 2 is 1.89 bits per heavy atom. The van der Waals surface area contributed by atoms with Crippen LogP contribution >= 0.6 is 23.1 Å². The summed E-state index contributed by atoms with van der Waals surface area (Å²) < 4.78 is 38.5. The fourth-order valence-electron chi connectivity index (χ4n) is 4.01. The third kappa shape index (κ3) is 5.48. The Labute approximate surface area is 213 Å². The maximum absolute atomic E-state index is 13.2. The van der Waals surface area contributed by atoms with Crippen molar-refractivity contribution in [2.75, 3.05) is 38.9 Å². The number of sulfonamides is 1. The van der Waals surface area contributed by atoms with E-state index in [0.717, 1.165) is 10.5 Å². The maximum Gasteiger partial charge on any atom is 0.244 e. The number of methoxy groups -OCH3 is 2. The Hall–Kier alpha value is -2.60. The quantitative estimate of drug-likeness (QED) is 0.423. The molecule has 0 atom stereocenters. The topological polar surface area (TPSA) is 97.8 Å². The molecule has 1 N–H and O–H groups in total. The first-order chi connectivity index (χ1) is 16.9.